The number of hydrogen-bond donors (Lipinski definition) is 0. The highest BCUT2D eigenvalue weighted by molar-refractivity contribution is 5.73. The minimum atomic E-state index is -0.158. The molecule has 35 heavy (non-hydrogen) atoms. The lowest BCUT2D eigenvalue weighted by atomic mass is 10.0. The van der Waals surface area contributed by atoms with E-state index in [0.29, 0.717) is 18.1 Å². The molecule has 0 N–H and O–H groups in total. The van der Waals surface area contributed by atoms with Crippen LogP contribution in [0, 0.1) is 5.92 Å². The summed E-state index contributed by atoms with van der Waals surface area (Å²) in [6.07, 6.45) is 13.2. The van der Waals surface area contributed by atoms with Crippen molar-refractivity contribution in [3.63, 3.8) is 0 Å². The molecule has 2 aromatic carbocycles. The summed E-state index contributed by atoms with van der Waals surface area (Å²) in [6.45, 7) is 6.66. The predicted octanol–water partition coefficient (Wildman–Crippen LogP) is 9.05. The Bertz CT molecular complexity index is 1010. The molecule has 0 aliphatic carbocycles. The van der Waals surface area contributed by atoms with Gasteiger partial charge in [-0.2, -0.15) is 0 Å². The Morgan fingerprint density at radius 2 is 1.49 bits per heavy atom. The van der Waals surface area contributed by atoms with Crippen molar-refractivity contribution in [2.45, 2.75) is 85.0 Å². The minimum Gasteiger partial charge on any atom is -0.427 e. The maximum atomic E-state index is 12.1. The van der Waals surface area contributed by atoms with E-state index in [1.165, 1.54) is 37.7 Å². The van der Waals surface area contributed by atoms with Crippen LogP contribution in [0.25, 0.3) is 22.4 Å². The van der Waals surface area contributed by atoms with Gasteiger partial charge >= 0.3 is 5.97 Å². The maximum absolute atomic E-state index is 12.1. The minimum absolute atomic E-state index is 0.158. The Labute approximate surface area is 212 Å². The van der Waals surface area contributed by atoms with Crippen molar-refractivity contribution in [1.29, 1.82) is 0 Å². The summed E-state index contributed by atoms with van der Waals surface area (Å²) in [5, 5.41) is 0. The van der Waals surface area contributed by atoms with E-state index in [2.05, 4.69) is 57.2 Å². The summed E-state index contributed by atoms with van der Waals surface area (Å²) in [4.78, 5) is 16.8. The van der Waals surface area contributed by atoms with Crippen LogP contribution in [0.1, 0.15) is 84.1 Å². The predicted molar refractivity (Wildman–Crippen MR) is 147 cm³/mol. The highest BCUT2D eigenvalue weighted by atomic mass is 16.5. The van der Waals surface area contributed by atoms with E-state index < -0.39 is 0 Å². The molecule has 3 rings (SSSR count). The van der Waals surface area contributed by atoms with E-state index in [-0.39, 0.29) is 5.97 Å². The number of benzene rings is 2. The third-order valence-corrected chi connectivity index (χ3v) is 6.78. The Balaban J connectivity index is 1.50. The fourth-order valence-electron chi connectivity index (χ4n) is 4.21. The SMILES string of the molecule is CCCCCCCc1ccc(-c2ccc(-c3ccc(OC(=O)CCC[C@@H](C)CC)cc3)cn2)cc1. The van der Waals surface area contributed by atoms with E-state index in [1.54, 1.807) is 0 Å². The second kappa shape index (κ2) is 14.5. The lowest BCUT2D eigenvalue weighted by molar-refractivity contribution is -0.134. The van der Waals surface area contributed by atoms with Gasteiger partial charge in [-0.3, -0.25) is 9.78 Å². The number of hydrogen-bond acceptors (Lipinski definition) is 3. The third kappa shape index (κ3) is 8.98. The summed E-state index contributed by atoms with van der Waals surface area (Å²) in [6, 6.07) is 20.7. The van der Waals surface area contributed by atoms with Crippen LogP contribution in [0.15, 0.2) is 66.9 Å². The van der Waals surface area contributed by atoms with Crippen molar-refractivity contribution < 1.29 is 9.53 Å². The molecular formula is C32H41NO2. The summed E-state index contributed by atoms with van der Waals surface area (Å²) in [5.41, 5.74) is 5.62. The second-order valence-corrected chi connectivity index (χ2v) is 9.70. The van der Waals surface area contributed by atoms with Gasteiger partial charge in [0.05, 0.1) is 5.69 Å². The number of carbonyl (C=O) groups excluding carboxylic acids is 1. The zero-order valence-electron chi connectivity index (χ0n) is 21.8. The van der Waals surface area contributed by atoms with Gasteiger partial charge in [0.25, 0.3) is 0 Å². The molecule has 0 saturated carbocycles. The summed E-state index contributed by atoms with van der Waals surface area (Å²) >= 11 is 0. The number of esters is 1. The van der Waals surface area contributed by atoms with Gasteiger partial charge < -0.3 is 4.74 Å². The van der Waals surface area contributed by atoms with Crippen LogP contribution in [0.5, 0.6) is 5.75 Å². The number of aryl methyl sites for hydroxylation is 1. The van der Waals surface area contributed by atoms with Crippen LogP contribution < -0.4 is 4.74 Å². The number of aromatic nitrogens is 1. The highest BCUT2D eigenvalue weighted by Gasteiger charge is 2.08. The standard InChI is InChI=1S/C32H41NO2/c1-4-6-7-8-9-12-26-14-16-28(17-15-26)31-23-20-29(24-33-31)27-18-21-30(22-19-27)35-32(34)13-10-11-25(3)5-2/h14-25H,4-13H2,1-3H3/t25-/m0/s1. The van der Waals surface area contributed by atoms with Crippen LogP contribution in [-0.4, -0.2) is 11.0 Å². The molecule has 1 aromatic heterocycles. The first-order valence-corrected chi connectivity index (χ1v) is 13.5. The second-order valence-electron chi connectivity index (χ2n) is 9.70. The Hall–Kier alpha value is -2.94. The lowest BCUT2D eigenvalue weighted by Gasteiger charge is -2.09. The molecule has 1 heterocycles. The molecule has 0 fully saturated rings. The average Bonchev–Trinajstić information content (AvgIpc) is 2.89. The molecule has 0 spiro atoms. The molecule has 0 saturated heterocycles. The molecule has 0 aliphatic heterocycles. The molecule has 1 atom stereocenters. The van der Waals surface area contributed by atoms with Crippen LogP contribution >= 0.6 is 0 Å². The number of rotatable bonds is 14. The third-order valence-electron chi connectivity index (χ3n) is 6.78. The monoisotopic (exact) mass is 471 g/mol. The molecule has 0 aliphatic rings. The lowest BCUT2D eigenvalue weighted by Crippen LogP contribution is -2.08. The normalized spacial score (nSPS) is 11.9. The van der Waals surface area contributed by atoms with Crippen LogP contribution in [-0.2, 0) is 11.2 Å². The van der Waals surface area contributed by atoms with Crippen molar-refractivity contribution in [1.82, 2.24) is 4.98 Å². The number of pyridine rings is 1. The first-order valence-electron chi connectivity index (χ1n) is 13.5. The van der Waals surface area contributed by atoms with E-state index in [9.17, 15) is 4.79 Å². The molecular weight excluding hydrogens is 430 g/mol. The summed E-state index contributed by atoms with van der Waals surface area (Å²) < 4.78 is 5.49. The van der Waals surface area contributed by atoms with E-state index in [0.717, 1.165) is 48.1 Å². The highest BCUT2D eigenvalue weighted by Crippen LogP contribution is 2.25. The van der Waals surface area contributed by atoms with Crippen molar-refractivity contribution >= 4 is 5.97 Å². The van der Waals surface area contributed by atoms with Crippen molar-refractivity contribution in [3.05, 3.63) is 72.4 Å². The van der Waals surface area contributed by atoms with Gasteiger partial charge in [-0.1, -0.05) is 102 Å². The van der Waals surface area contributed by atoms with Crippen molar-refractivity contribution in [2.75, 3.05) is 0 Å². The van der Waals surface area contributed by atoms with E-state index in [4.69, 9.17) is 9.72 Å². The molecule has 0 unspecified atom stereocenters. The molecule has 0 radical (unpaired) electrons. The van der Waals surface area contributed by atoms with Crippen LogP contribution in [0.2, 0.25) is 0 Å². The van der Waals surface area contributed by atoms with Gasteiger partial charge in [0, 0.05) is 23.7 Å². The number of nitrogens with zero attached hydrogens (tertiary/aromatic N) is 1. The van der Waals surface area contributed by atoms with Crippen LogP contribution in [0.4, 0.5) is 0 Å². The largest absolute Gasteiger partial charge is 0.427 e. The van der Waals surface area contributed by atoms with E-state index in [1.807, 2.05) is 30.5 Å². The first-order chi connectivity index (χ1) is 17.1. The molecule has 0 amide bonds. The van der Waals surface area contributed by atoms with Gasteiger partial charge in [-0.25, -0.2) is 0 Å². The van der Waals surface area contributed by atoms with Gasteiger partial charge in [0.1, 0.15) is 5.75 Å². The topological polar surface area (TPSA) is 39.2 Å². The molecule has 3 nitrogen and oxygen atoms in total. The average molecular weight is 472 g/mol. The smallest absolute Gasteiger partial charge is 0.311 e. The van der Waals surface area contributed by atoms with Crippen molar-refractivity contribution in [3.8, 4) is 28.1 Å². The fraction of sp³-hybridized carbons (Fsp3) is 0.438. The Morgan fingerprint density at radius 3 is 2.14 bits per heavy atom. The fourth-order valence-corrected chi connectivity index (χ4v) is 4.21. The first kappa shape index (κ1) is 26.7. The maximum Gasteiger partial charge on any atom is 0.311 e. The zero-order valence-corrected chi connectivity index (χ0v) is 21.8. The Morgan fingerprint density at radius 1 is 0.800 bits per heavy atom. The molecule has 3 heteroatoms. The number of ether oxygens (including phenoxy) is 1. The quantitative estimate of drug-likeness (QED) is 0.134. The molecule has 186 valence electrons. The van der Waals surface area contributed by atoms with E-state index >= 15 is 0 Å². The van der Waals surface area contributed by atoms with Gasteiger partial charge in [0.15, 0.2) is 0 Å². The van der Waals surface area contributed by atoms with Crippen molar-refractivity contribution in [2.24, 2.45) is 5.92 Å². The number of carbonyl (C=O) groups is 1. The van der Waals surface area contributed by atoms with Gasteiger partial charge in [-0.05, 0) is 54.5 Å². The molecule has 0 bridgehead atoms. The zero-order chi connectivity index (χ0) is 24.9. The summed E-state index contributed by atoms with van der Waals surface area (Å²) in [7, 11) is 0. The van der Waals surface area contributed by atoms with Gasteiger partial charge in [0.2, 0.25) is 0 Å². The van der Waals surface area contributed by atoms with Gasteiger partial charge in [-0.15, -0.1) is 0 Å². The van der Waals surface area contributed by atoms with Crippen LogP contribution in [0.3, 0.4) is 0 Å². The number of unbranched alkanes of at least 4 members (excludes halogenated alkanes) is 4. The molecule has 3 aromatic rings. The summed E-state index contributed by atoms with van der Waals surface area (Å²) in [5.74, 6) is 1.10. The Kier molecular flexibility index (Phi) is 11.0.